The Balaban J connectivity index is 2.48. The summed E-state index contributed by atoms with van der Waals surface area (Å²) in [5.74, 6) is -0.413. The van der Waals surface area contributed by atoms with Crippen LogP contribution in [0.1, 0.15) is 63.2 Å². The summed E-state index contributed by atoms with van der Waals surface area (Å²) in [6.45, 7) is 8.95. The number of carbonyl (C=O) groups is 3. The predicted octanol–water partition coefficient (Wildman–Crippen LogP) is 3.56. The number of hydrogen-bond acceptors (Lipinski definition) is 5. The number of rotatable bonds is 7. The summed E-state index contributed by atoms with van der Waals surface area (Å²) in [5.41, 5.74) is 2.42. The van der Waals surface area contributed by atoms with Crippen LogP contribution in [0.15, 0.2) is 24.3 Å². The van der Waals surface area contributed by atoms with Crippen molar-refractivity contribution < 1.29 is 23.9 Å². The molecule has 1 amide bonds. The predicted molar refractivity (Wildman–Crippen MR) is 114 cm³/mol. The summed E-state index contributed by atoms with van der Waals surface area (Å²) in [5, 5.41) is 0. The van der Waals surface area contributed by atoms with E-state index in [1.54, 1.807) is 61.6 Å². The van der Waals surface area contributed by atoms with E-state index < -0.39 is 12.0 Å². The van der Waals surface area contributed by atoms with E-state index in [1.807, 2.05) is 13.8 Å². The van der Waals surface area contributed by atoms with Gasteiger partial charge in [-0.1, -0.05) is 6.07 Å². The summed E-state index contributed by atoms with van der Waals surface area (Å²) < 4.78 is 11.7. The number of Topliss-reactive ketones (excluding diaryl/α,β-unsaturated/α-hetero) is 1. The number of nitrogens with zero attached hydrogens (tertiary/aromatic N) is 2. The second kappa shape index (κ2) is 9.15. The van der Waals surface area contributed by atoms with Crippen LogP contribution in [0.3, 0.4) is 0 Å². The maximum atomic E-state index is 13.5. The van der Waals surface area contributed by atoms with Gasteiger partial charge in [-0.2, -0.15) is 0 Å². The maximum Gasteiger partial charge on any atom is 0.354 e. The Hall–Kier alpha value is -3.09. The molecule has 0 radical (unpaired) electrons. The van der Waals surface area contributed by atoms with Crippen molar-refractivity contribution >= 4 is 17.7 Å². The van der Waals surface area contributed by atoms with Crippen molar-refractivity contribution in [2.45, 2.75) is 46.7 Å². The molecule has 30 heavy (non-hydrogen) atoms. The molecule has 0 aliphatic heterocycles. The van der Waals surface area contributed by atoms with Gasteiger partial charge in [-0.05, 0) is 58.4 Å². The van der Waals surface area contributed by atoms with Crippen molar-refractivity contribution in [1.82, 2.24) is 9.47 Å². The van der Waals surface area contributed by atoms with Gasteiger partial charge in [0.15, 0.2) is 5.78 Å². The van der Waals surface area contributed by atoms with E-state index in [9.17, 15) is 14.4 Å². The molecule has 1 aromatic heterocycles. The highest BCUT2D eigenvalue weighted by atomic mass is 16.5. The summed E-state index contributed by atoms with van der Waals surface area (Å²) >= 11 is 0. The smallest absolute Gasteiger partial charge is 0.354 e. The molecule has 0 bridgehead atoms. The lowest BCUT2D eigenvalue weighted by Crippen LogP contribution is -2.47. The van der Waals surface area contributed by atoms with Crippen LogP contribution in [0, 0.1) is 13.8 Å². The zero-order valence-electron chi connectivity index (χ0n) is 18.9. The fourth-order valence-electron chi connectivity index (χ4n) is 3.82. The molecular weight excluding hydrogens is 384 g/mol. The van der Waals surface area contributed by atoms with Crippen LogP contribution in [-0.2, 0) is 11.8 Å². The van der Waals surface area contributed by atoms with Crippen molar-refractivity contribution in [2.24, 2.45) is 7.05 Å². The molecule has 0 N–H and O–H groups in total. The number of hydrogen-bond donors (Lipinski definition) is 0. The van der Waals surface area contributed by atoms with Gasteiger partial charge in [0, 0.05) is 29.9 Å². The lowest BCUT2D eigenvalue weighted by atomic mass is 9.98. The molecule has 0 aliphatic carbocycles. The number of amides is 1. The molecule has 2 rings (SSSR count). The van der Waals surface area contributed by atoms with Crippen LogP contribution in [0.2, 0.25) is 0 Å². The number of ether oxygens (including phenoxy) is 2. The zero-order valence-corrected chi connectivity index (χ0v) is 18.9. The minimum absolute atomic E-state index is 0.216. The fourth-order valence-corrected chi connectivity index (χ4v) is 3.82. The Labute approximate surface area is 177 Å². The number of ketones is 1. The zero-order chi connectivity index (χ0) is 22.7. The normalized spacial score (nSPS) is 11.9. The van der Waals surface area contributed by atoms with E-state index in [-0.39, 0.29) is 17.7 Å². The van der Waals surface area contributed by atoms with E-state index in [0.29, 0.717) is 33.8 Å². The van der Waals surface area contributed by atoms with Crippen molar-refractivity contribution in [3.8, 4) is 5.75 Å². The molecule has 7 nitrogen and oxygen atoms in total. The topological polar surface area (TPSA) is 77.8 Å². The van der Waals surface area contributed by atoms with E-state index in [1.165, 1.54) is 14.2 Å². The second-order valence-corrected chi connectivity index (χ2v) is 7.56. The average molecular weight is 415 g/mol. The molecular formula is C23H30N2O5. The van der Waals surface area contributed by atoms with Crippen molar-refractivity contribution in [3.05, 3.63) is 52.3 Å². The molecule has 1 atom stereocenters. The van der Waals surface area contributed by atoms with E-state index in [2.05, 4.69) is 0 Å². The van der Waals surface area contributed by atoms with E-state index in [0.717, 1.165) is 0 Å². The summed E-state index contributed by atoms with van der Waals surface area (Å²) in [6.07, 6.45) is 0. The van der Waals surface area contributed by atoms with Gasteiger partial charge < -0.3 is 18.9 Å². The minimum Gasteiger partial charge on any atom is -0.497 e. The molecule has 1 aromatic carbocycles. The van der Waals surface area contributed by atoms with Crippen molar-refractivity contribution in [3.63, 3.8) is 0 Å². The number of benzene rings is 1. The van der Waals surface area contributed by atoms with Gasteiger partial charge in [0.05, 0.1) is 20.3 Å². The average Bonchev–Trinajstić information content (AvgIpc) is 2.94. The van der Waals surface area contributed by atoms with Gasteiger partial charge in [-0.3, -0.25) is 9.59 Å². The number of esters is 1. The molecule has 2 aromatic rings. The fraction of sp³-hybridized carbons (Fsp3) is 0.435. The first-order valence-corrected chi connectivity index (χ1v) is 9.81. The van der Waals surface area contributed by atoms with Crippen LogP contribution in [0.5, 0.6) is 5.75 Å². The van der Waals surface area contributed by atoms with Crippen molar-refractivity contribution in [2.75, 3.05) is 14.2 Å². The Kier molecular flexibility index (Phi) is 7.08. The Morgan fingerprint density at radius 3 is 2.23 bits per heavy atom. The van der Waals surface area contributed by atoms with Crippen LogP contribution in [-0.4, -0.2) is 53.4 Å². The number of methoxy groups -OCH3 is 2. The molecule has 0 saturated heterocycles. The molecule has 1 unspecified atom stereocenters. The standard InChI is InChI=1S/C23H30N2O5/c1-13(2)25(22(27)17-10-9-11-18(12-17)29-7)16(5)21(26)19-14(3)20(23(28)30-8)24(6)15(19)4/h9-13,16H,1-8H3. The molecule has 162 valence electrons. The Bertz CT molecular complexity index is 974. The van der Waals surface area contributed by atoms with Gasteiger partial charge in [-0.25, -0.2) is 4.79 Å². The highest BCUT2D eigenvalue weighted by Gasteiger charge is 2.34. The monoisotopic (exact) mass is 414 g/mol. The van der Waals surface area contributed by atoms with Crippen LogP contribution < -0.4 is 4.74 Å². The molecule has 0 aliphatic rings. The first-order valence-electron chi connectivity index (χ1n) is 9.81. The molecule has 0 spiro atoms. The Morgan fingerprint density at radius 2 is 1.70 bits per heavy atom. The van der Waals surface area contributed by atoms with Crippen molar-refractivity contribution in [1.29, 1.82) is 0 Å². The molecule has 7 heteroatoms. The van der Waals surface area contributed by atoms with Crippen LogP contribution >= 0.6 is 0 Å². The lowest BCUT2D eigenvalue weighted by Gasteiger charge is -2.32. The molecule has 1 heterocycles. The van der Waals surface area contributed by atoms with Gasteiger partial charge in [0.1, 0.15) is 11.4 Å². The number of aromatic nitrogens is 1. The third-order valence-corrected chi connectivity index (χ3v) is 5.46. The van der Waals surface area contributed by atoms with E-state index in [4.69, 9.17) is 9.47 Å². The minimum atomic E-state index is -0.728. The van der Waals surface area contributed by atoms with E-state index >= 15 is 0 Å². The highest BCUT2D eigenvalue weighted by Crippen LogP contribution is 2.26. The first-order chi connectivity index (χ1) is 14.1. The summed E-state index contributed by atoms with van der Waals surface area (Å²) in [7, 11) is 4.56. The number of carbonyl (C=O) groups excluding carboxylic acids is 3. The van der Waals surface area contributed by atoms with Crippen LogP contribution in [0.25, 0.3) is 0 Å². The largest absolute Gasteiger partial charge is 0.497 e. The quantitative estimate of drug-likeness (QED) is 0.511. The van der Waals surface area contributed by atoms with Gasteiger partial charge in [-0.15, -0.1) is 0 Å². The SMILES string of the molecule is COC(=O)c1c(C)c(C(=O)C(C)N(C(=O)c2cccc(OC)c2)C(C)C)c(C)n1C. The second-order valence-electron chi connectivity index (χ2n) is 7.56. The van der Waals surface area contributed by atoms with Crippen LogP contribution in [0.4, 0.5) is 0 Å². The lowest BCUT2D eigenvalue weighted by molar-refractivity contribution is 0.0565. The summed E-state index contributed by atoms with van der Waals surface area (Å²) in [4.78, 5) is 40.5. The Morgan fingerprint density at radius 1 is 1.07 bits per heavy atom. The third-order valence-electron chi connectivity index (χ3n) is 5.46. The first kappa shape index (κ1) is 23.2. The van der Waals surface area contributed by atoms with Gasteiger partial charge in [0.25, 0.3) is 5.91 Å². The molecule has 0 fully saturated rings. The van der Waals surface area contributed by atoms with Gasteiger partial charge >= 0.3 is 5.97 Å². The van der Waals surface area contributed by atoms with Gasteiger partial charge in [0.2, 0.25) is 0 Å². The highest BCUT2D eigenvalue weighted by molar-refractivity contribution is 6.07. The molecule has 0 saturated carbocycles. The third kappa shape index (κ3) is 4.10. The summed E-state index contributed by atoms with van der Waals surface area (Å²) in [6, 6.07) is 5.91. The maximum absolute atomic E-state index is 13.5.